The summed E-state index contributed by atoms with van der Waals surface area (Å²) in [7, 11) is 0. The highest BCUT2D eigenvalue weighted by atomic mass is 16.3. The first-order valence-electron chi connectivity index (χ1n) is 9.11. The van der Waals surface area contributed by atoms with Gasteiger partial charge < -0.3 is 19.8 Å². The SMILES string of the molecule is Cc1ccc(N2CCN(C(=O)CN3CCCCC(O)C3=O)CC2)cc1. The normalized spacial score (nSPS) is 22.1. The van der Waals surface area contributed by atoms with Crippen LogP contribution in [0, 0.1) is 6.92 Å². The summed E-state index contributed by atoms with van der Waals surface area (Å²) in [6.07, 6.45) is 1.22. The van der Waals surface area contributed by atoms with Gasteiger partial charge in [-0.2, -0.15) is 0 Å². The van der Waals surface area contributed by atoms with Crippen molar-refractivity contribution in [3.63, 3.8) is 0 Å². The summed E-state index contributed by atoms with van der Waals surface area (Å²) in [5, 5.41) is 9.81. The second kappa shape index (κ2) is 7.87. The van der Waals surface area contributed by atoms with Crippen LogP contribution in [0.25, 0.3) is 0 Å². The molecule has 6 nitrogen and oxygen atoms in total. The van der Waals surface area contributed by atoms with Gasteiger partial charge in [-0.1, -0.05) is 17.7 Å². The summed E-state index contributed by atoms with van der Waals surface area (Å²) in [4.78, 5) is 30.3. The monoisotopic (exact) mass is 345 g/mol. The fourth-order valence-corrected chi connectivity index (χ4v) is 3.47. The molecular weight excluding hydrogens is 318 g/mol. The number of nitrogens with zero attached hydrogens (tertiary/aromatic N) is 3. The van der Waals surface area contributed by atoms with Crippen LogP contribution in [0.15, 0.2) is 24.3 Å². The quantitative estimate of drug-likeness (QED) is 0.888. The molecule has 0 bridgehead atoms. The van der Waals surface area contributed by atoms with E-state index in [-0.39, 0.29) is 18.4 Å². The van der Waals surface area contributed by atoms with Gasteiger partial charge in [-0.25, -0.2) is 0 Å². The van der Waals surface area contributed by atoms with Crippen molar-refractivity contribution in [2.75, 3.05) is 44.2 Å². The number of amides is 2. The molecule has 1 atom stereocenters. The third kappa shape index (κ3) is 4.31. The summed E-state index contributed by atoms with van der Waals surface area (Å²) in [6, 6.07) is 8.43. The number of benzene rings is 1. The number of hydrogen-bond donors (Lipinski definition) is 1. The Balaban J connectivity index is 1.52. The van der Waals surface area contributed by atoms with Crippen LogP contribution in [0.2, 0.25) is 0 Å². The smallest absolute Gasteiger partial charge is 0.251 e. The highest BCUT2D eigenvalue weighted by Crippen LogP contribution is 2.18. The Bertz CT molecular complexity index is 609. The number of piperazine rings is 1. The standard InChI is InChI=1S/C19H27N3O3/c1-15-5-7-16(8-6-15)20-10-12-21(13-11-20)18(24)14-22-9-3-2-4-17(23)19(22)25/h5-8,17,23H,2-4,9-14H2,1H3. The minimum absolute atomic E-state index is 0.0222. The van der Waals surface area contributed by atoms with Gasteiger partial charge in [0.05, 0.1) is 6.54 Å². The van der Waals surface area contributed by atoms with Crippen LogP contribution in [0.3, 0.4) is 0 Å². The molecule has 2 aliphatic heterocycles. The molecule has 1 unspecified atom stereocenters. The van der Waals surface area contributed by atoms with Gasteiger partial charge in [0.25, 0.3) is 5.91 Å². The molecule has 0 radical (unpaired) electrons. The van der Waals surface area contributed by atoms with Crippen LogP contribution >= 0.6 is 0 Å². The van der Waals surface area contributed by atoms with Crippen molar-refractivity contribution in [3.8, 4) is 0 Å². The Morgan fingerprint density at radius 3 is 2.44 bits per heavy atom. The zero-order chi connectivity index (χ0) is 17.8. The predicted molar refractivity (Wildman–Crippen MR) is 96.4 cm³/mol. The van der Waals surface area contributed by atoms with Crippen LogP contribution in [0.5, 0.6) is 0 Å². The summed E-state index contributed by atoms with van der Waals surface area (Å²) in [5.74, 6) is -0.324. The predicted octanol–water partition coefficient (Wildman–Crippen LogP) is 1.02. The lowest BCUT2D eigenvalue weighted by Crippen LogP contribution is -2.52. The molecule has 1 aromatic rings. The van der Waals surface area contributed by atoms with Crippen molar-refractivity contribution >= 4 is 17.5 Å². The molecule has 0 aromatic heterocycles. The van der Waals surface area contributed by atoms with Gasteiger partial charge >= 0.3 is 0 Å². The molecule has 0 spiro atoms. The Labute approximate surface area is 149 Å². The summed E-state index contributed by atoms with van der Waals surface area (Å²) < 4.78 is 0. The topological polar surface area (TPSA) is 64.1 Å². The van der Waals surface area contributed by atoms with Gasteiger partial charge in [-0.05, 0) is 38.3 Å². The first-order valence-corrected chi connectivity index (χ1v) is 9.11. The van der Waals surface area contributed by atoms with E-state index in [0.29, 0.717) is 26.1 Å². The molecule has 1 N–H and O–H groups in total. The lowest BCUT2D eigenvalue weighted by Gasteiger charge is -2.37. The molecule has 2 aliphatic rings. The molecular formula is C19H27N3O3. The van der Waals surface area contributed by atoms with Crippen molar-refractivity contribution in [2.45, 2.75) is 32.3 Å². The number of aryl methyl sites for hydroxylation is 1. The summed E-state index contributed by atoms with van der Waals surface area (Å²) in [6.45, 7) is 5.64. The lowest BCUT2D eigenvalue weighted by atomic mass is 10.2. The minimum atomic E-state index is -0.950. The van der Waals surface area contributed by atoms with E-state index in [2.05, 4.69) is 36.1 Å². The number of carbonyl (C=O) groups excluding carboxylic acids is 2. The zero-order valence-electron chi connectivity index (χ0n) is 14.9. The van der Waals surface area contributed by atoms with Gasteiger partial charge in [-0.15, -0.1) is 0 Å². The van der Waals surface area contributed by atoms with E-state index in [9.17, 15) is 14.7 Å². The van der Waals surface area contributed by atoms with Crippen molar-refractivity contribution in [1.82, 2.24) is 9.80 Å². The molecule has 136 valence electrons. The van der Waals surface area contributed by atoms with Gasteiger partial charge in [0.2, 0.25) is 5.91 Å². The van der Waals surface area contributed by atoms with Crippen molar-refractivity contribution < 1.29 is 14.7 Å². The summed E-state index contributed by atoms with van der Waals surface area (Å²) >= 11 is 0. The number of rotatable bonds is 3. The van der Waals surface area contributed by atoms with E-state index >= 15 is 0 Å². The van der Waals surface area contributed by atoms with Crippen molar-refractivity contribution in [1.29, 1.82) is 0 Å². The Kier molecular flexibility index (Phi) is 5.58. The molecule has 2 saturated heterocycles. The van der Waals surface area contributed by atoms with Gasteiger partial charge in [0.15, 0.2) is 0 Å². The first-order chi connectivity index (χ1) is 12.0. The molecule has 6 heteroatoms. The second-order valence-corrected chi connectivity index (χ2v) is 6.97. The number of likely N-dealkylation sites (tertiary alicyclic amines) is 1. The number of carbonyl (C=O) groups is 2. The van der Waals surface area contributed by atoms with E-state index in [0.717, 1.165) is 25.9 Å². The number of anilines is 1. The first kappa shape index (κ1) is 17.7. The average molecular weight is 345 g/mol. The van der Waals surface area contributed by atoms with E-state index in [1.165, 1.54) is 16.2 Å². The van der Waals surface area contributed by atoms with Crippen molar-refractivity contribution in [2.24, 2.45) is 0 Å². The molecule has 1 aromatic carbocycles. The maximum atomic E-state index is 12.6. The number of aliphatic hydroxyl groups excluding tert-OH is 1. The minimum Gasteiger partial charge on any atom is -0.383 e. The molecule has 2 amide bonds. The highest BCUT2D eigenvalue weighted by Gasteiger charge is 2.29. The van der Waals surface area contributed by atoms with Crippen molar-refractivity contribution in [3.05, 3.63) is 29.8 Å². The van der Waals surface area contributed by atoms with E-state index < -0.39 is 6.10 Å². The third-order valence-corrected chi connectivity index (χ3v) is 5.11. The molecule has 0 aliphatic carbocycles. The Morgan fingerprint density at radius 1 is 1.08 bits per heavy atom. The molecule has 0 saturated carbocycles. The van der Waals surface area contributed by atoms with Gasteiger partial charge in [-0.3, -0.25) is 9.59 Å². The van der Waals surface area contributed by atoms with E-state index in [4.69, 9.17) is 0 Å². The third-order valence-electron chi connectivity index (χ3n) is 5.11. The molecule has 2 heterocycles. The number of aliphatic hydroxyl groups is 1. The highest BCUT2D eigenvalue weighted by molar-refractivity contribution is 5.87. The maximum absolute atomic E-state index is 12.6. The Morgan fingerprint density at radius 2 is 1.76 bits per heavy atom. The van der Waals surface area contributed by atoms with Crippen LogP contribution in [0.1, 0.15) is 24.8 Å². The second-order valence-electron chi connectivity index (χ2n) is 6.97. The lowest BCUT2D eigenvalue weighted by molar-refractivity contribution is -0.145. The fourth-order valence-electron chi connectivity index (χ4n) is 3.47. The van der Waals surface area contributed by atoms with E-state index in [1.54, 1.807) is 0 Å². The summed E-state index contributed by atoms with van der Waals surface area (Å²) in [5.41, 5.74) is 2.42. The van der Waals surface area contributed by atoms with Gasteiger partial charge in [0.1, 0.15) is 6.10 Å². The number of hydrogen-bond acceptors (Lipinski definition) is 4. The van der Waals surface area contributed by atoms with Crippen LogP contribution in [-0.2, 0) is 9.59 Å². The fraction of sp³-hybridized carbons (Fsp3) is 0.579. The maximum Gasteiger partial charge on any atom is 0.251 e. The molecule has 25 heavy (non-hydrogen) atoms. The molecule has 2 fully saturated rings. The van der Waals surface area contributed by atoms with Gasteiger partial charge in [0, 0.05) is 38.4 Å². The Hall–Kier alpha value is -2.08. The van der Waals surface area contributed by atoms with Crippen LogP contribution in [0.4, 0.5) is 5.69 Å². The van der Waals surface area contributed by atoms with Crippen LogP contribution in [-0.4, -0.2) is 72.1 Å². The largest absolute Gasteiger partial charge is 0.383 e. The molecule has 3 rings (SSSR count). The van der Waals surface area contributed by atoms with Crippen LogP contribution < -0.4 is 4.90 Å². The zero-order valence-corrected chi connectivity index (χ0v) is 14.9. The van der Waals surface area contributed by atoms with E-state index in [1.807, 2.05) is 4.90 Å². The average Bonchev–Trinajstić information content (AvgIpc) is 2.78.